The van der Waals surface area contributed by atoms with Crippen molar-refractivity contribution in [3.05, 3.63) is 52.9 Å². The van der Waals surface area contributed by atoms with E-state index in [0.717, 1.165) is 6.42 Å². The zero-order valence-corrected chi connectivity index (χ0v) is 18.2. The van der Waals surface area contributed by atoms with E-state index < -0.39 is 21.7 Å². The van der Waals surface area contributed by atoms with Gasteiger partial charge >= 0.3 is 5.76 Å². The fourth-order valence-electron chi connectivity index (χ4n) is 4.11. The van der Waals surface area contributed by atoms with Gasteiger partial charge in [-0.2, -0.15) is 4.31 Å². The van der Waals surface area contributed by atoms with Crippen molar-refractivity contribution in [1.82, 2.24) is 14.2 Å². The molecule has 2 unspecified atom stereocenters. The molecule has 3 heterocycles. The Morgan fingerprint density at radius 3 is 2.61 bits per heavy atom. The second-order valence-corrected chi connectivity index (χ2v) is 10.1. The van der Waals surface area contributed by atoms with Crippen LogP contribution in [0.15, 0.2) is 55.1 Å². The van der Waals surface area contributed by atoms with Crippen LogP contribution < -0.4 is 11.1 Å². The van der Waals surface area contributed by atoms with Gasteiger partial charge in [-0.05, 0) is 42.5 Å². The van der Waals surface area contributed by atoms with Gasteiger partial charge in [0.2, 0.25) is 15.9 Å². The van der Waals surface area contributed by atoms with Crippen LogP contribution >= 0.6 is 0 Å². The lowest BCUT2D eigenvalue weighted by molar-refractivity contribution is -0.121. The number of sulfonamides is 1. The van der Waals surface area contributed by atoms with Crippen LogP contribution in [0.5, 0.6) is 0 Å². The minimum Gasteiger partial charge on any atom is -0.467 e. The van der Waals surface area contributed by atoms with E-state index in [4.69, 9.17) is 8.83 Å². The minimum absolute atomic E-state index is 0.0736. The summed E-state index contributed by atoms with van der Waals surface area (Å²) in [6.07, 6.45) is 2.50. The molecule has 1 N–H and O–H groups in total. The van der Waals surface area contributed by atoms with Crippen LogP contribution in [0.4, 0.5) is 0 Å². The molecule has 1 amide bonds. The van der Waals surface area contributed by atoms with E-state index in [1.54, 1.807) is 12.1 Å². The summed E-state index contributed by atoms with van der Waals surface area (Å²) < 4.78 is 39.3. The van der Waals surface area contributed by atoms with Crippen LogP contribution in [0.25, 0.3) is 11.1 Å². The van der Waals surface area contributed by atoms with Crippen molar-refractivity contribution in [2.75, 3.05) is 13.1 Å². The number of nitrogens with one attached hydrogen (secondary N) is 1. The van der Waals surface area contributed by atoms with Gasteiger partial charge in [-0.3, -0.25) is 9.36 Å². The number of nitrogens with zero attached hydrogens (tertiary/aromatic N) is 2. The predicted molar refractivity (Wildman–Crippen MR) is 113 cm³/mol. The van der Waals surface area contributed by atoms with Crippen molar-refractivity contribution >= 4 is 27.0 Å². The first kappa shape index (κ1) is 21.4. The first-order valence-electron chi connectivity index (χ1n) is 10.2. The van der Waals surface area contributed by atoms with Crippen molar-refractivity contribution in [2.45, 2.75) is 38.3 Å². The minimum atomic E-state index is -3.71. The number of carbonyl (C=O) groups excluding carboxylic acids is 1. The summed E-state index contributed by atoms with van der Waals surface area (Å²) in [6.45, 7) is 4.96. The van der Waals surface area contributed by atoms with E-state index in [0.29, 0.717) is 24.4 Å². The number of oxazole rings is 1. The average molecular weight is 448 g/mol. The van der Waals surface area contributed by atoms with Gasteiger partial charge in [0, 0.05) is 19.2 Å². The van der Waals surface area contributed by atoms with Gasteiger partial charge in [0.15, 0.2) is 5.58 Å². The van der Waals surface area contributed by atoms with Crippen molar-refractivity contribution in [2.24, 2.45) is 11.8 Å². The molecule has 0 spiro atoms. The van der Waals surface area contributed by atoms with Crippen LogP contribution in [0, 0.1) is 11.8 Å². The summed E-state index contributed by atoms with van der Waals surface area (Å²) in [4.78, 5) is 24.6. The molecule has 1 aromatic carbocycles. The van der Waals surface area contributed by atoms with E-state index in [1.807, 2.05) is 13.8 Å². The molecular formula is C21H25N3O6S. The van der Waals surface area contributed by atoms with Crippen molar-refractivity contribution < 1.29 is 22.0 Å². The standard InChI is InChI=1S/C21H25N3O6S/c1-14-8-15(2)12-23(11-14)31(27,28)17-5-6-18-19(9-17)30-21(26)24(18)13-20(25)22-10-16-4-3-7-29-16/h3-7,9,14-15H,8,10-13H2,1-2H3,(H,22,25). The number of hydrogen-bond acceptors (Lipinski definition) is 6. The summed E-state index contributed by atoms with van der Waals surface area (Å²) in [5.41, 5.74) is 0.487. The van der Waals surface area contributed by atoms with Crippen molar-refractivity contribution in [1.29, 1.82) is 0 Å². The fraction of sp³-hybridized carbons (Fsp3) is 0.429. The zero-order chi connectivity index (χ0) is 22.2. The van der Waals surface area contributed by atoms with Gasteiger partial charge in [-0.1, -0.05) is 13.8 Å². The summed E-state index contributed by atoms with van der Waals surface area (Å²) in [7, 11) is -3.71. The molecule has 1 saturated heterocycles. The van der Waals surface area contributed by atoms with E-state index in [-0.39, 0.29) is 35.4 Å². The lowest BCUT2D eigenvalue weighted by Crippen LogP contribution is -2.42. The maximum absolute atomic E-state index is 13.1. The molecule has 0 saturated carbocycles. The van der Waals surface area contributed by atoms with E-state index in [9.17, 15) is 18.0 Å². The molecule has 2 aromatic heterocycles. The molecule has 0 radical (unpaired) electrons. The van der Waals surface area contributed by atoms with Crippen molar-refractivity contribution in [3.63, 3.8) is 0 Å². The van der Waals surface area contributed by atoms with Gasteiger partial charge < -0.3 is 14.2 Å². The Balaban J connectivity index is 1.55. The number of hydrogen-bond donors (Lipinski definition) is 1. The number of amides is 1. The zero-order valence-electron chi connectivity index (χ0n) is 17.4. The first-order valence-corrected chi connectivity index (χ1v) is 11.6. The Labute approximate surface area is 179 Å². The normalized spacial score (nSPS) is 20.2. The summed E-state index contributed by atoms with van der Waals surface area (Å²) in [6, 6.07) is 7.75. The number of fused-ring (bicyclic) bond motifs is 1. The van der Waals surface area contributed by atoms with Gasteiger partial charge in [0.05, 0.1) is 23.2 Å². The monoisotopic (exact) mass is 447 g/mol. The molecule has 1 aliphatic rings. The molecule has 1 aliphatic heterocycles. The molecule has 3 aromatic rings. The lowest BCUT2D eigenvalue weighted by atomic mass is 9.94. The molecular weight excluding hydrogens is 422 g/mol. The summed E-state index contributed by atoms with van der Waals surface area (Å²) in [5.74, 6) is 0.0305. The number of aromatic nitrogens is 1. The molecule has 0 aliphatic carbocycles. The Morgan fingerprint density at radius 1 is 1.19 bits per heavy atom. The summed E-state index contributed by atoms with van der Waals surface area (Å²) in [5, 5.41) is 2.67. The quantitative estimate of drug-likeness (QED) is 0.619. The molecule has 10 heteroatoms. The number of rotatable bonds is 6. The van der Waals surface area contributed by atoms with Crippen molar-refractivity contribution in [3.8, 4) is 0 Å². The van der Waals surface area contributed by atoms with E-state index in [1.165, 1.54) is 33.3 Å². The largest absolute Gasteiger partial charge is 0.467 e. The highest BCUT2D eigenvalue weighted by molar-refractivity contribution is 7.89. The molecule has 9 nitrogen and oxygen atoms in total. The summed E-state index contributed by atoms with van der Waals surface area (Å²) >= 11 is 0. The highest BCUT2D eigenvalue weighted by atomic mass is 32.2. The second kappa shape index (κ2) is 8.35. The topological polar surface area (TPSA) is 115 Å². The van der Waals surface area contributed by atoms with Gasteiger partial charge in [0.25, 0.3) is 0 Å². The smallest absolute Gasteiger partial charge is 0.420 e. The predicted octanol–water partition coefficient (Wildman–Crippen LogP) is 2.17. The van der Waals surface area contributed by atoms with E-state index in [2.05, 4.69) is 5.32 Å². The van der Waals surface area contributed by atoms with Crippen LogP contribution in [-0.2, 0) is 27.9 Å². The Morgan fingerprint density at radius 2 is 1.94 bits per heavy atom. The van der Waals surface area contributed by atoms with Crippen LogP contribution in [0.2, 0.25) is 0 Å². The molecule has 4 rings (SSSR count). The molecule has 166 valence electrons. The maximum Gasteiger partial charge on any atom is 0.420 e. The Bertz CT molecular complexity index is 1230. The highest BCUT2D eigenvalue weighted by Crippen LogP contribution is 2.28. The number of piperidine rings is 1. The van der Waals surface area contributed by atoms with Gasteiger partial charge in [-0.15, -0.1) is 0 Å². The first-order chi connectivity index (χ1) is 14.7. The second-order valence-electron chi connectivity index (χ2n) is 8.21. The Hall–Kier alpha value is -2.85. The lowest BCUT2D eigenvalue weighted by Gasteiger charge is -2.34. The number of furan rings is 1. The van der Waals surface area contributed by atoms with Gasteiger partial charge in [0.1, 0.15) is 12.3 Å². The molecule has 1 fully saturated rings. The molecule has 31 heavy (non-hydrogen) atoms. The Kier molecular flexibility index (Phi) is 5.76. The third kappa shape index (κ3) is 4.45. The maximum atomic E-state index is 13.1. The highest BCUT2D eigenvalue weighted by Gasteiger charge is 2.32. The van der Waals surface area contributed by atoms with E-state index >= 15 is 0 Å². The average Bonchev–Trinajstić information content (AvgIpc) is 3.33. The third-order valence-electron chi connectivity index (χ3n) is 5.45. The third-order valence-corrected chi connectivity index (χ3v) is 7.28. The van der Waals surface area contributed by atoms with Gasteiger partial charge in [-0.25, -0.2) is 13.2 Å². The van der Waals surface area contributed by atoms with Crippen LogP contribution in [-0.4, -0.2) is 36.3 Å². The molecule has 0 bridgehead atoms. The SMILES string of the molecule is CC1CC(C)CN(S(=O)(=O)c2ccc3c(c2)oc(=O)n3CC(=O)NCc2ccco2)C1. The molecule has 2 atom stereocenters. The van der Waals surface area contributed by atoms with Crippen LogP contribution in [0.1, 0.15) is 26.0 Å². The number of carbonyl (C=O) groups is 1. The number of benzene rings is 1. The fourth-order valence-corrected chi connectivity index (χ4v) is 5.80. The van der Waals surface area contributed by atoms with Crippen LogP contribution in [0.3, 0.4) is 0 Å².